The monoisotopic (exact) mass is 533 g/mol. The molecule has 0 atom stereocenters. The van der Waals surface area contributed by atoms with E-state index in [9.17, 15) is 18.0 Å². The van der Waals surface area contributed by atoms with Crippen molar-refractivity contribution in [1.29, 1.82) is 0 Å². The Bertz CT molecular complexity index is 1820. The summed E-state index contributed by atoms with van der Waals surface area (Å²) in [5, 5.41) is 12.0. The summed E-state index contributed by atoms with van der Waals surface area (Å²) >= 11 is 1.21. The highest BCUT2D eigenvalue weighted by atomic mass is 32.2. The Labute approximate surface area is 214 Å². The maximum atomic E-state index is 12.9. The van der Waals surface area contributed by atoms with Crippen LogP contribution < -0.4 is 25.3 Å². The number of thiazole rings is 1. The van der Waals surface area contributed by atoms with Gasteiger partial charge in [0.1, 0.15) is 5.75 Å². The number of nitrogens with one attached hydrogen (secondary N) is 1. The Kier molecular flexibility index (Phi) is 6.53. The van der Waals surface area contributed by atoms with E-state index >= 15 is 0 Å². The molecule has 3 aromatic carbocycles. The molecule has 10 nitrogen and oxygen atoms in total. The van der Waals surface area contributed by atoms with Crippen LogP contribution in [0.25, 0.3) is 22.4 Å². The summed E-state index contributed by atoms with van der Waals surface area (Å²) in [6, 6.07) is 21.9. The summed E-state index contributed by atoms with van der Waals surface area (Å²) in [6.07, 6.45) is 1.67. The minimum absolute atomic E-state index is 0.0588. The number of carbonyl (C=O) groups excluding carboxylic acids is 1. The van der Waals surface area contributed by atoms with E-state index in [1.165, 1.54) is 40.1 Å². The molecule has 0 bridgehead atoms. The molecule has 5 aromatic rings. The molecule has 5 rings (SSSR count). The quantitative estimate of drug-likeness (QED) is 0.325. The number of hydrogen-bond acceptors (Lipinski definition) is 8. The zero-order valence-corrected chi connectivity index (χ0v) is 20.7. The summed E-state index contributed by atoms with van der Waals surface area (Å²) in [5.41, 5.74) is 1.52. The highest BCUT2D eigenvalue weighted by molar-refractivity contribution is 7.89. The smallest absolute Gasteiger partial charge is 0.291 e. The van der Waals surface area contributed by atoms with E-state index in [-0.39, 0.29) is 17.1 Å². The Hall–Kier alpha value is -4.39. The molecule has 0 aliphatic rings. The van der Waals surface area contributed by atoms with Crippen molar-refractivity contribution in [3.63, 3.8) is 0 Å². The van der Waals surface area contributed by atoms with Gasteiger partial charge in [-0.05, 0) is 36.4 Å². The van der Waals surface area contributed by atoms with Gasteiger partial charge in [0.2, 0.25) is 15.0 Å². The predicted octanol–water partition coefficient (Wildman–Crippen LogP) is 2.03. The van der Waals surface area contributed by atoms with Crippen molar-refractivity contribution < 1.29 is 17.9 Å². The van der Waals surface area contributed by atoms with Crippen LogP contribution in [0.3, 0.4) is 0 Å². The lowest BCUT2D eigenvalue weighted by atomic mass is 10.2. The van der Waals surface area contributed by atoms with Gasteiger partial charge in [-0.3, -0.25) is 9.59 Å². The molecule has 3 N–H and O–H groups in total. The number of carbonyl (C=O) groups is 1. The number of aromatic nitrogens is 3. The number of rotatable bonds is 7. The summed E-state index contributed by atoms with van der Waals surface area (Å²) in [7, 11) is -3.82. The number of anilines is 1. The lowest BCUT2D eigenvalue weighted by Crippen LogP contribution is -2.24. The number of nitrogens with zero attached hydrogens (tertiary/aromatic N) is 3. The Morgan fingerprint density at radius 3 is 2.43 bits per heavy atom. The predicted molar refractivity (Wildman–Crippen MR) is 140 cm³/mol. The molecule has 0 radical (unpaired) electrons. The van der Waals surface area contributed by atoms with E-state index < -0.39 is 15.9 Å². The first-order valence-electron chi connectivity index (χ1n) is 10.9. The molecule has 186 valence electrons. The van der Waals surface area contributed by atoms with Gasteiger partial charge >= 0.3 is 0 Å². The van der Waals surface area contributed by atoms with Gasteiger partial charge in [-0.15, -0.1) is 5.10 Å². The Morgan fingerprint density at radius 2 is 1.73 bits per heavy atom. The minimum atomic E-state index is -3.82. The van der Waals surface area contributed by atoms with Crippen LogP contribution >= 0.6 is 11.3 Å². The first-order chi connectivity index (χ1) is 17.8. The van der Waals surface area contributed by atoms with Crippen LogP contribution in [0, 0.1) is 0 Å². The fraction of sp³-hybridized carbons (Fsp3) is 0.0400. The first-order valence-corrected chi connectivity index (χ1v) is 13.3. The number of fused-ring (bicyclic) bond motifs is 1. The van der Waals surface area contributed by atoms with Crippen LogP contribution in [-0.2, 0) is 14.8 Å². The molecule has 0 aliphatic carbocycles. The summed E-state index contributed by atoms with van der Waals surface area (Å²) in [5.74, 6) is 0.435. The van der Waals surface area contributed by atoms with Gasteiger partial charge in [0, 0.05) is 16.8 Å². The summed E-state index contributed by atoms with van der Waals surface area (Å²) in [6.45, 7) is -0.304. The lowest BCUT2D eigenvalue weighted by molar-refractivity contribution is -0.118. The minimum Gasteiger partial charge on any atom is -0.483 e. The third-order valence-electron chi connectivity index (χ3n) is 5.24. The van der Waals surface area contributed by atoms with Gasteiger partial charge in [-0.25, -0.2) is 13.6 Å². The third-order valence-corrected chi connectivity index (χ3v) is 7.13. The summed E-state index contributed by atoms with van der Waals surface area (Å²) in [4.78, 5) is 30.2. The van der Waals surface area contributed by atoms with Crippen molar-refractivity contribution in [3.8, 4) is 17.1 Å². The van der Waals surface area contributed by atoms with E-state index in [2.05, 4.69) is 15.4 Å². The second-order valence-electron chi connectivity index (χ2n) is 7.86. The molecular weight excluding hydrogens is 514 g/mol. The first kappa shape index (κ1) is 24.3. The average molecular weight is 534 g/mol. The van der Waals surface area contributed by atoms with E-state index in [0.29, 0.717) is 32.3 Å². The number of benzene rings is 3. The molecule has 0 saturated carbocycles. The molecule has 0 aliphatic heterocycles. The van der Waals surface area contributed by atoms with Crippen LogP contribution in [0.2, 0.25) is 0 Å². The van der Waals surface area contributed by atoms with Gasteiger partial charge < -0.3 is 10.1 Å². The summed E-state index contributed by atoms with van der Waals surface area (Å²) < 4.78 is 30.1. The molecule has 0 saturated heterocycles. The van der Waals surface area contributed by atoms with Gasteiger partial charge in [0.05, 0.1) is 9.43 Å². The molecule has 37 heavy (non-hydrogen) atoms. The van der Waals surface area contributed by atoms with E-state index in [1.807, 2.05) is 30.3 Å². The molecule has 0 spiro atoms. The highest BCUT2D eigenvalue weighted by Crippen LogP contribution is 2.20. The SMILES string of the molecule is NS(=O)(=O)c1ccc(NC(=O)COc2ccccc2/C=c2\sc3nc(-c4ccccc4)nn3c2=O)cc1. The molecule has 2 heterocycles. The molecule has 1 amide bonds. The second kappa shape index (κ2) is 9.93. The fourth-order valence-electron chi connectivity index (χ4n) is 3.48. The second-order valence-corrected chi connectivity index (χ2v) is 10.4. The fourth-order valence-corrected chi connectivity index (χ4v) is 4.90. The zero-order valence-electron chi connectivity index (χ0n) is 19.1. The number of nitrogens with two attached hydrogens (primary N) is 1. The third kappa shape index (κ3) is 5.40. The van der Waals surface area contributed by atoms with Gasteiger partial charge in [-0.1, -0.05) is 59.9 Å². The van der Waals surface area contributed by atoms with Crippen molar-refractivity contribution >= 4 is 44.0 Å². The van der Waals surface area contributed by atoms with Gasteiger partial charge in [0.25, 0.3) is 11.5 Å². The largest absolute Gasteiger partial charge is 0.483 e. The van der Waals surface area contributed by atoms with Crippen LogP contribution in [0.5, 0.6) is 5.75 Å². The van der Waals surface area contributed by atoms with Crippen molar-refractivity contribution in [2.75, 3.05) is 11.9 Å². The standard InChI is InChI=1S/C25H19N5O5S2/c26-37(33,34)19-12-10-18(11-13-19)27-22(31)15-35-20-9-5-4-8-17(20)14-21-24(32)30-25(36-21)28-23(29-30)16-6-2-1-3-7-16/h1-14H,15H2,(H,27,31)(H2,26,33,34)/b21-14-. The number of ether oxygens (including phenoxy) is 1. The van der Waals surface area contributed by atoms with Gasteiger partial charge in [-0.2, -0.15) is 9.50 Å². The molecule has 0 unspecified atom stereocenters. The average Bonchev–Trinajstić information content (AvgIpc) is 3.43. The molecule has 2 aromatic heterocycles. The van der Waals surface area contributed by atoms with Crippen molar-refractivity contribution in [2.24, 2.45) is 5.14 Å². The Balaban J connectivity index is 1.32. The molecular formula is C25H19N5O5S2. The number of hydrogen-bond donors (Lipinski definition) is 2. The normalized spacial score (nSPS) is 12.1. The highest BCUT2D eigenvalue weighted by Gasteiger charge is 2.13. The molecule has 12 heteroatoms. The van der Waals surface area contributed by atoms with Crippen LogP contribution in [0.1, 0.15) is 5.56 Å². The zero-order chi connectivity index (χ0) is 26.0. The number of amides is 1. The number of para-hydroxylation sites is 1. The molecule has 0 fully saturated rings. The van der Waals surface area contributed by atoms with Crippen LogP contribution in [0.15, 0.2) is 88.6 Å². The van der Waals surface area contributed by atoms with Crippen LogP contribution in [-0.4, -0.2) is 35.5 Å². The van der Waals surface area contributed by atoms with E-state index in [4.69, 9.17) is 9.88 Å². The van der Waals surface area contributed by atoms with Crippen molar-refractivity contribution in [3.05, 3.63) is 99.3 Å². The van der Waals surface area contributed by atoms with E-state index in [0.717, 1.165) is 5.56 Å². The number of primary sulfonamides is 1. The van der Waals surface area contributed by atoms with Gasteiger partial charge in [0.15, 0.2) is 12.4 Å². The topological polar surface area (TPSA) is 146 Å². The number of sulfonamides is 1. The maximum Gasteiger partial charge on any atom is 0.291 e. The van der Waals surface area contributed by atoms with Crippen LogP contribution in [0.4, 0.5) is 5.69 Å². The van der Waals surface area contributed by atoms with Crippen molar-refractivity contribution in [1.82, 2.24) is 14.6 Å². The van der Waals surface area contributed by atoms with E-state index in [1.54, 1.807) is 30.3 Å². The maximum absolute atomic E-state index is 12.9. The Morgan fingerprint density at radius 1 is 1.03 bits per heavy atom. The lowest BCUT2D eigenvalue weighted by Gasteiger charge is -2.10. The van der Waals surface area contributed by atoms with Crippen molar-refractivity contribution in [2.45, 2.75) is 4.90 Å².